The first-order valence-electron chi connectivity index (χ1n) is 5.38. The zero-order valence-corrected chi connectivity index (χ0v) is 11.4. The highest BCUT2D eigenvalue weighted by Crippen LogP contribution is 2.33. The van der Waals surface area contributed by atoms with Gasteiger partial charge in [-0.1, -0.05) is 6.42 Å². The maximum atomic E-state index is 5.88. The van der Waals surface area contributed by atoms with Crippen LogP contribution < -0.4 is 5.73 Å². The summed E-state index contributed by atoms with van der Waals surface area (Å²) < 4.78 is 1.17. The molecule has 0 radical (unpaired) electrons. The van der Waals surface area contributed by atoms with Crippen molar-refractivity contribution in [2.24, 2.45) is 5.73 Å². The first-order valence-corrected chi connectivity index (χ1v) is 7.05. The summed E-state index contributed by atoms with van der Waals surface area (Å²) in [5.41, 5.74) is 5.88. The maximum absolute atomic E-state index is 5.88. The van der Waals surface area contributed by atoms with Crippen molar-refractivity contribution in [1.82, 2.24) is 4.90 Å². The van der Waals surface area contributed by atoms with Gasteiger partial charge in [-0.2, -0.15) is 0 Å². The highest BCUT2D eigenvalue weighted by Gasteiger charge is 2.28. The molecule has 0 saturated heterocycles. The minimum absolute atomic E-state index is 0.395. The number of nitrogens with two attached hydrogens (primary N) is 1. The third-order valence-corrected chi connectivity index (χ3v) is 5.08. The Morgan fingerprint density at radius 3 is 2.80 bits per heavy atom. The molecule has 1 aromatic heterocycles. The normalized spacial score (nSPS) is 19.2. The SMILES string of the molecule is CN(C1CCC1)C(CN)c1cc(Br)cs1. The van der Waals surface area contributed by atoms with E-state index in [1.165, 1.54) is 28.6 Å². The van der Waals surface area contributed by atoms with Gasteiger partial charge >= 0.3 is 0 Å². The van der Waals surface area contributed by atoms with Gasteiger partial charge in [-0.15, -0.1) is 11.3 Å². The number of hydrogen-bond acceptors (Lipinski definition) is 3. The summed E-state index contributed by atoms with van der Waals surface area (Å²) >= 11 is 5.29. The van der Waals surface area contributed by atoms with Crippen LogP contribution in [0.4, 0.5) is 0 Å². The Hall–Kier alpha value is 0.1000. The highest BCUT2D eigenvalue weighted by atomic mass is 79.9. The van der Waals surface area contributed by atoms with E-state index >= 15 is 0 Å². The van der Waals surface area contributed by atoms with Gasteiger partial charge in [-0.05, 0) is 41.9 Å². The molecule has 2 N–H and O–H groups in total. The second kappa shape index (κ2) is 4.95. The number of halogens is 1. The van der Waals surface area contributed by atoms with Gasteiger partial charge in [0.05, 0.1) is 6.04 Å². The predicted octanol–water partition coefficient (Wildman–Crippen LogP) is 2.99. The molecule has 4 heteroatoms. The number of rotatable bonds is 4. The lowest BCUT2D eigenvalue weighted by Gasteiger charge is -2.39. The van der Waals surface area contributed by atoms with Gasteiger partial charge in [-0.25, -0.2) is 0 Å². The van der Waals surface area contributed by atoms with Crippen LogP contribution in [-0.4, -0.2) is 24.5 Å². The van der Waals surface area contributed by atoms with Crippen LogP contribution >= 0.6 is 27.3 Å². The van der Waals surface area contributed by atoms with E-state index in [2.05, 4.69) is 39.3 Å². The molecule has 0 bridgehead atoms. The minimum atomic E-state index is 0.395. The lowest BCUT2D eigenvalue weighted by Crippen LogP contribution is -2.42. The second-order valence-electron chi connectivity index (χ2n) is 4.17. The van der Waals surface area contributed by atoms with Crippen molar-refractivity contribution in [3.05, 3.63) is 20.8 Å². The molecule has 84 valence electrons. The van der Waals surface area contributed by atoms with E-state index < -0.39 is 0 Å². The largest absolute Gasteiger partial charge is 0.329 e. The van der Waals surface area contributed by atoms with Crippen LogP contribution in [0.3, 0.4) is 0 Å². The molecule has 1 heterocycles. The standard InChI is InChI=1S/C11H17BrN2S/c1-14(9-3-2-4-9)10(6-13)11-5-8(12)7-15-11/h5,7,9-10H,2-4,6,13H2,1H3. The molecule has 1 unspecified atom stereocenters. The van der Waals surface area contributed by atoms with Gasteiger partial charge in [0, 0.05) is 27.3 Å². The number of hydrogen-bond donors (Lipinski definition) is 1. The average Bonchev–Trinajstić information content (AvgIpc) is 2.50. The van der Waals surface area contributed by atoms with Crippen molar-refractivity contribution >= 4 is 27.3 Å². The predicted molar refractivity (Wildman–Crippen MR) is 69.2 cm³/mol. The molecule has 15 heavy (non-hydrogen) atoms. The van der Waals surface area contributed by atoms with Crippen molar-refractivity contribution < 1.29 is 0 Å². The molecule has 1 aliphatic carbocycles. The fourth-order valence-corrected chi connectivity index (χ4v) is 3.64. The van der Waals surface area contributed by atoms with Crippen LogP contribution in [0.1, 0.15) is 30.2 Å². The Labute approximate surface area is 104 Å². The van der Waals surface area contributed by atoms with Gasteiger partial charge in [-0.3, -0.25) is 4.90 Å². The summed E-state index contributed by atoms with van der Waals surface area (Å²) in [6.45, 7) is 0.708. The maximum Gasteiger partial charge on any atom is 0.0564 e. The molecule has 1 atom stereocenters. The number of likely N-dealkylation sites (N-methyl/N-ethyl adjacent to an activating group) is 1. The third-order valence-electron chi connectivity index (χ3n) is 3.28. The van der Waals surface area contributed by atoms with Crippen LogP contribution in [0.2, 0.25) is 0 Å². The summed E-state index contributed by atoms with van der Waals surface area (Å²) in [6.07, 6.45) is 4.04. The molecule has 1 fully saturated rings. The Morgan fingerprint density at radius 1 is 1.67 bits per heavy atom. The summed E-state index contributed by atoms with van der Waals surface area (Å²) in [7, 11) is 2.20. The monoisotopic (exact) mass is 288 g/mol. The molecule has 2 rings (SSSR count). The summed E-state index contributed by atoms with van der Waals surface area (Å²) in [5, 5.41) is 2.13. The molecular formula is C11H17BrN2S. The van der Waals surface area contributed by atoms with Gasteiger partial charge in [0.2, 0.25) is 0 Å². The quantitative estimate of drug-likeness (QED) is 0.923. The molecule has 0 aliphatic heterocycles. The van der Waals surface area contributed by atoms with Crippen LogP contribution in [0.5, 0.6) is 0 Å². The Balaban J connectivity index is 2.08. The Morgan fingerprint density at radius 2 is 2.40 bits per heavy atom. The van der Waals surface area contributed by atoms with E-state index in [1.807, 2.05) is 0 Å². The van der Waals surface area contributed by atoms with Crippen LogP contribution in [0.25, 0.3) is 0 Å². The molecular weight excluding hydrogens is 272 g/mol. The van der Waals surface area contributed by atoms with Gasteiger partial charge in [0.15, 0.2) is 0 Å². The van der Waals surface area contributed by atoms with Gasteiger partial charge in [0.25, 0.3) is 0 Å². The minimum Gasteiger partial charge on any atom is -0.329 e. The molecule has 0 aromatic carbocycles. The molecule has 1 aromatic rings. The molecule has 0 spiro atoms. The van der Waals surface area contributed by atoms with Gasteiger partial charge < -0.3 is 5.73 Å². The topological polar surface area (TPSA) is 29.3 Å². The van der Waals surface area contributed by atoms with E-state index in [1.54, 1.807) is 11.3 Å². The van der Waals surface area contributed by atoms with Gasteiger partial charge in [0.1, 0.15) is 0 Å². The fourth-order valence-electron chi connectivity index (χ4n) is 2.03. The smallest absolute Gasteiger partial charge is 0.0564 e. The van der Waals surface area contributed by atoms with Crippen molar-refractivity contribution in [3.8, 4) is 0 Å². The molecule has 1 aliphatic rings. The van der Waals surface area contributed by atoms with E-state index in [4.69, 9.17) is 5.73 Å². The van der Waals surface area contributed by atoms with Crippen LogP contribution in [0.15, 0.2) is 15.9 Å². The zero-order valence-electron chi connectivity index (χ0n) is 8.95. The molecule has 0 amide bonds. The second-order valence-corrected chi connectivity index (χ2v) is 6.03. The molecule has 1 saturated carbocycles. The van der Waals surface area contributed by atoms with Crippen molar-refractivity contribution in [3.63, 3.8) is 0 Å². The van der Waals surface area contributed by atoms with Crippen molar-refractivity contribution in [1.29, 1.82) is 0 Å². The van der Waals surface area contributed by atoms with Crippen molar-refractivity contribution in [2.75, 3.05) is 13.6 Å². The average molecular weight is 289 g/mol. The van der Waals surface area contributed by atoms with E-state index in [0.717, 1.165) is 6.04 Å². The zero-order chi connectivity index (χ0) is 10.8. The van der Waals surface area contributed by atoms with Crippen LogP contribution in [0, 0.1) is 0 Å². The third kappa shape index (κ3) is 2.44. The summed E-state index contributed by atoms with van der Waals surface area (Å²) in [5.74, 6) is 0. The summed E-state index contributed by atoms with van der Waals surface area (Å²) in [6, 6.07) is 3.34. The van der Waals surface area contributed by atoms with Crippen molar-refractivity contribution in [2.45, 2.75) is 31.3 Å². The number of nitrogens with zero attached hydrogens (tertiary/aromatic N) is 1. The number of thiophene rings is 1. The summed E-state index contributed by atoms with van der Waals surface area (Å²) in [4.78, 5) is 3.82. The fraction of sp³-hybridized carbons (Fsp3) is 0.636. The Kier molecular flexibility index (Phi) is 3.83. The van der Waals surface area contributed by atoms with E-state index in [0.29, 0.717) is 12.6 Å². The Bertz CT molecular complexity index is 322. The lowest BCUT2D eigenvalue weighted by atomic mass is 9.90. The van der Waals surface area contributed by atoms with E-state index in [-0.39, 0.29) is 0 Å². The van der Waals surface area contributed by atoms with E-state index in [9.17, 15) is 0 Å². The highest BCUT2D eigenvalue weighted by molar-refractivity contribution is 9.10. The molecule has 2 nitrogen and oxygen atoms in total. The van der Waals surface area contributed by atoms with Crippen LogP contribution in [-0.2, 0) is 0 Å². The first-order chi connectivity index (χ1) is 7.22. The first kappa shape index (κ1) is 11.6. The lowest BCUT2D eigenvalue weighted by molar-refractivity contribution is 0.115.